The van der Waals surface area contributed by atoms with E-state index in [1.54, 1.807) is 25.1 Å². The molecule has 2 aromatic carbocycles. The van der Waals surface area contributed by atoms with E-state index < -0.39 is 15.9 Å². The van der Waals surface area contributed by atoms with Crippen LogP contribution in [0, 0.1) is 0 Å². The third-order valence-corrected chi connectivity index (χ3v) is 5.62. The molecule has 0 bridgehead atoms. The van der Waals surface area contributed by atoms with Gasteiger partial charge in [-0.2, -0.15) is 0 Å². The molecule has 2 rings (SSSR count). The number of methoxy groups -OCH3 is 4. The fraction of sp³-hybridized carbons (Fsp3) is 0.350. The van der Waals surface area contributed by atoms with Gasteiger partial charge in [0.1, 0.15) is 11.5 Å². The summed E-state index contributed by atoms with van der Waals surface area (Å²) in [5.41, 5.74) is 0.659. The second kappa shape index (κ2) is 9.57. The third-order valence-electron chi connectivity index (χ3n) is 4.36. The fourth-order valence-corrected chi connectivity index (χ4v) is 3.91. The monoisotopic (exact) mass is 438 g/mol. The molecule has 0 heterocycles. The molecule has 0 fully saturated rings. The van der Waals surface area contributed by atoms with E-state index in [4.69, 9.17) is 18.9 Å². The summed E-state index contributed by atoms with van der Waals surface area (Å²) in [6, 6.07) is 7.82. The number of nitrogens with zero attached hydrogens (tertiary/aromatic N) is 1. The highest BCUT2D eigenvalue weighted by molar-refractivity contribution is 7.92. The van der Waals surface area contributed by atoms with Gasteiger partial charge >= 0.3 is 0 Å². The van der Waals surface area contributed by atoms with Crippen LogP contribution < -0.4 is 28.6 Å². The van der Waals surface area contributed by atoms with E-state index in [0.29, 0.717) is 22.9 Å². The van der Waals surface area contributed by atoms with Gasteiger partial charge in [-0.3, -0.25) is 9.10 Å². The SMILES string of the molecule is CCN(c1cc(OC)c(OC)cc1C(=O)Nc1ccc(OC)cc1OC)S(C)(=O)=O. The molecule has 0 radical (unpaired) electrons. The number of hydrogen-bond donors (Lipinski definition) is 1. The van der Waals surface area contributed by atoms with Crippen LogP contribution in [-0.4, -0.2) is 55.6 Å². The van der Waals surface area contributed by atoms with Crippen molar-refractivity contribution in [2.75, 3.05) is 50.9 Å². The van der Waals surface area contributed by atoms with Crippen LogP contribution in [0.2, 0.25) is 0 Å². The van der Waals surface area contributed by atoms with Gasteiger partial charge in [-0.15, -0.1) is 0 Å². The van der Waals surface area contributed by atoms with Crippen LogP contribution in [0.1, 0.15) is 17.3 Å². The normalized spacial score (nSPS) is 10.9. The number of anilines is 2. The summed E-state index contributed by atoms with van der Waals surface area (Å²) in [6.45, 7) is 1.80. The van der Waals surface area contributed by atoms with Crippen molar-refractivity contribution in [2.45, 2.75) is 6.92 Å². The topological polar surface area (TPSA) is 103 Å². The van der Waals surface area contributed by atoms with E-state index in [1.807, 2.05) is 0 Å². The van der Waals surface area contributed by atoms with E-state index in [9.17, 15) is 13.2 Å². The van der Waals surface area contributed by atoms with Crippen LogP contribution >= 0.6 is 0 Å². The quantitative estimate of drug-likeness (QED) is 0.642. The Balaban J connectivity index is 2.60. The largest absolute Gasteiger partial charge is 0.497 e. The Morgan fingerprint density at radius 2 is 1.53 bits per heavy atom. The lowest BCUT2D eigenvalue weighted by molar-refractivity contribution is 0.102. The van der Waals surface area contributed by atoms with Gasteiger partial charge in [0, 0.05) is 18.7 Å². The molecule has 0 atom stereocenters. The van der Waals surface area contributed by atoms with Crippen LogP contribution in [0.4, 0.5) is 11.4 Å². The van der Waals surface area contributed by atoms with Crippen LogP contribution in [0.25, 0.3) is 0 Å². The zero-order valence-corrected chi connectivity index (χ0v) is 18.6. The maximum Gasteiger partial charge on any atom is 0.258 e. The molecule has 0 unspecified atom stereocenters. The van der Waals surface area contributed by atoms with Crippen LogP contribution in [-0.2, 0) is 10.0 Å². The molecule has 0 aliphatic heterocycles. The van der Waals surface area contributed by atoms with Crippen molar-refractivity contribution in [3.05, 3.63) is 35.9 Å². The van der Waals surface area contributed by atoms with Gasteiger partial charge in [0.05, 0.1) is 51.6 Å². The molecule has 2 aromatic rings. The summed E-state index contributed by atoms with van der Waals surface area (Å²) in [7, 11) is 2.20. The molecular weight excluding hydrogens is 412 g/mol. The van der Waals surface area contributed by atoms with Crippen molar-refractivity contribution in [1.82, 2.24) is 0 Å². The van der Waals surface area contributed by atoms with Crippen molar-refractivity contribution in [3.8, 4) is 23.0 Å². The number of amides is 1. The van der Waals surface area contributed by atoms with Gasteiger partial charge in [0.15, 0.2) is 11.5 Å². The van der Waals surface area contributed by atoms with Crippen molar-refractivity contribution in [3.63, 3.8) is 0 Å². The Morgan fingerprint density at radius 3 is 2.03 bits per heavy atom. The Morgan fingerprint density at radius 1 is 0.933 bits per heavy atom. The first-order valence-corrected chi connectivity index (χ1v) is 10.8. The molecule has 1 amide bonds. The first-order chi connectivity index (χ1) is 14.2. The summed E-state index contributed by atoms with van der Waals surface area (Å²) in [6.07, 6.45) is 1.07. The second-order valence-electron chi connectivity index (χ2n) is 6.17. The van der Waals surface area contributed by atoms with E-state index in [-0.39, 0.29) is 23.5 Å². The average molecular weight is 439 g/mol. The fourth-order valence-electron chi connectivity index (χ4n) is 2.93. The number of nitrogens with one attached hydrogen (secondary N) is 1. The Kier molecular flexibility index (Phi) is 7.38. The summed E-state index contributed by atoms with van der Waals surface area (Å²) in [5.74, 6) is 0.994. The van der Waals surface area contributed by atoms with Gasteiger partial charge < -0.3 is 24.3 Å². The summed E-state index contributed by atoms with van der Waals surface area (Å²) in [4.78, 5) is 13.2. The van der Waals surface area contributed by atoms with Gasteiger partial charge in [-0.1, -0.05) is 0 Å². The number of rotatable bonds is 9. The molecule has 0 spiro atoms. The Labute approximate surface area is 176 Å². The molecule has 0 aliphatic carbocycles. The Bertz CT molecular complexity index is 1020. The van der Waals surface area contributed by atoms with Crippen LogP contribution in [0.3, 0.4) is 0 Å². The average Bonchev–Trinajstić information content (AvgIpc) is 2.72. The highest BCUT2D eigenvalue weighted by atomic mass is 32.2. The standard InChI is InChI=1S/C20H26N2O7S/c1-7-22(30(6,24)25)16-12-19(29-5)18(28-4)11-14(16)20(23)21-15-9-8-13(26-2)10-17(15)27-3/h8-12H,7H2,1-6H3,(H,21,23). The highest BCUT2D eigenvalue weighted by Crippen LogP contribution is 2.37. The maximum atomic E-state index is 13.2. The lowest BCUT2D eigenvalue weighted by Gasteiger charge is -2.24. The van der Waals surface area contributed by atoms with E-state index in [1.165, 1.54) is 40.6 Å². The predicted molar refractivity (Wildman–Crippen MR) is 115 cm³/mol. The summed E-state index contributed by atoms with van der Waals surface area (Å²) in [5, 5.41) is 2.75. The molecule has 9 nitrogen and oxygen atoms in total. The molecule has 1 N–H and O–H groups in total. The lowest BCUT2D eigenvalue weighted by Crippen LogP contribution is -2.31. The zero-order valence-electron chi connectivity index (χ0n) is 17.8. The van der Waals surface area contributed by atoms with Crippen molar-refractivity contribution >= 4 is 27.3 Å². The summed E-state index contributed by atoms with van der Waals surface area (Å²) < 4.78 is 46.8. The number of benzene rings is 2. The minimum Gasteiger partial charge on any atom is -0.497 e. The second-order valence-corrected chi connectivity index (χ2v) is 8.08. The molecule has 0 saturated carbocycles. The predicted octanol–water partition coefficient (Wildman–Crippen LogP) is 2.76. The summed E-state index contributed by atoms with van der Waals surface area (Å²) >= 11 is 0. The van der Waals surface area contributed by atoms with Gasteiger partial charge in [0.25, 0.3) is 5.91 Å². The molecular formula is C20H26N2O7S. The van der Waals surface area contributed by atoms with Crippen LogP contribution in [0.15, 0.2) is 30.3 Å². The molecule has 30 heavy (non-hydrogen) atoms. The van der Waals surface area contributed by atoms with Gasteiger partial charge in [-0.05, 0) is 25.1 Å². The number of ether oxygens (including phenoxy) is 4. The van der Waals surface area contributed by atoms with Crippen LogP contribution in [0.5, 0.6) is 23.0 Å². The van der Waals surface area contributed by atoms with Crippen molar-refractivity contribution < 1.29 is 32.2 Å². The number of carbonyl (C=O) groups excluding carboxylic acids is 1. The van der Waals surface area contributed by atoms with E-state index in [0.717, 1.165) is 10.6 Å². The zero-order chi connectivity index (χ0) is 22.5. The number of sulfonamides is 1. The van der Waals surface area contributed by atoms with E-state index in [2.05, 4.69) is 5.32 Å². The first-order valence-electron chi connectivity index (χ1n) is 8.97. The number of hydrogen-bond acceptors (Lipinski definition) is 7. The molecule has 0 saturated heterocycles. The highest BCUT2D eigenvalue weighted by Gasteiger charge is 2.25. The Hall–Kier alpha value is -3.14. The van der Waals surface area contributed by atoms with Crippen molar-refractivity contribution in [2.24, 2.45) is 0 Å². The smallest absolute Gasteiger partial charge is 0.258 e. The van der Waals surface area contributed by atoms with Gasteiger partial charge in [0.2, 0.25) is 10.0 Å². The number of carbonyl (C=O) groups is 1. The molecule has 0 aromatic heterocycles. The lowest BCUT2D eigenvalue weighted by atomic mass is 10.1. The van der Waals surface area contributed by atoms with E-state index >= 15 is 0 Å². The molecule has 10 heteroatoms. The molecule has 164 valence electrons. The minimum absolute atomic E-state index is 0.0952. The van der Waals surface area contributed by atoms with Crippen molar-refractivity contribution in [1.29, 1.82) is 0 Å². The first kappa shape index (κ1) is 23.1. The maximum absolute atomic E-state index is 13.2. The minimum atomic E-state index is -3.65. The van der Waals surface area contributed by atoms with Gasteiger partial charge in [-0.25, -0.2) is 8.42 Å². The third kappa shape index (κ3) is 4.88. The molecule has 0 aliphatic rings.